The van der Waals surface area contributed by atoms with Gasteiger partial charge in [-0.15, -0.1) is 0 Å². The van der Waals surface area contributed by atoms with Gasteiger partial charge in [0.2, 0.25) is 0 Å². The van der Waals surface area contributed by atoms with E-state index < -0.39 is 5.97 Å². The summed E-state index contributed by atoms with van der Waals surface area (Å²) in [5.74, 6) is -0.632. The number of aliphatic carboxylic acids is 1. The number of allylic oxidation sites excluding steroid dienone is 1. The average Bonchev–Trinajstić information content (AvgIpc) is 2.65. The van der Waals surface area contributed by atoms with Gasteiger partial charge in [-0.1, -0.05) is 42.5 Å². The number of amides is 1. The summed E-state index contributed by atoms with van der Waals surface area (Å²) in [6, 6.07) is 9.65. The van der Waals surface area contributed by atoms with Crippen molar-refractivity contribution in [1.29, 1.82) is 0 Å². The fourth-order valence-electron chi connectivity index (χ4n) is 3.11. The molecule has 6 nitrogen and oxygen atoms in total. The first kappa shape index (κ1) is 20.7. The normalized spacial score (nSPS) is 17.1. The van der Waals surface area contributed by atoms with Crippen LogP contribution in [0.4, 0.5) is 4.79 Å². The van der Waals surface area contributed by atoms with Gasteiger partial charge in [-0.3, -0.25) is 9.59 Å². The number of carboxylic acid groups (broad SMARTS) is 1. The number of benzene rings is 1. The molecule has 0 spiro atoms. The van der Waals surface area contributed by atoms with Crippen molar-refractivity contribution >= 4 is 17.8 Å². The molecule has 0 aliphatic carbocycles. The van der Waals surface area contributed by atoms with Gasteiger partial charge in [-0.25, -0.2) is 4.79 Å². The Morgan fingerprint density at radius 2 is 1.96 bits per heavy atom. The Hall–Kier alpha value is -2.63. The van der Waals surface area contributed by atoms with Crippen molar-refractivity contribution in [2.75, 3.05) is 13.2 Å². The maximum atomic E-state index is 12.2. The third-order valence-corrected chi connectivity index (χ3v) is 4.58. The summed E-state index contributed by atoms with van der Waals surface area (Å²) >= 11 is 0. The van der Waals surface area contributed by atoms with E-state index >= 15 is 0 Å². The molecule has 0 unspecified atom stereocenters. The molecule has 0 bridgehead atoms. The van der Waals surface area contributed by atoms with Crippen LogP contribution < -0.4 is 0 Å². The molecule has 146 valence electrons. The smallest absolute Gasteiger partial charge is 0.410 e. The fourth-order valence-corrected chi connectivity index (χ4v) is 3.11. The average molecular weight is 373 g/mol. The minimum Gasteiger partial charge on any atom is -0.481 e. The molecule has 1 fully saturated rings. The fraction of sp³-hybridized carbons (Fsp3) is 0.476. The molecule has 1 aromatic carbocycles. The van der Waals surface area contributed by atoms with Crippen LogP contribution in [0.2, 0.25) is 0 Å². The molecule has 1 aromatic rings. The standard InChI is InChI=1S/C21H27NO5/c23-19(16-17-8-4-3-5-9-17)12-11-18-13-15-27-21(26)22(18)14-7-2-1-6-10-20(24)25/h2-5,7-9,18H,1,6,10-16H2,(H,24,25)/b7-2-/t18-/m0/s1. The van der Waals surface area contributed by atoms with Crippen molar-refractivity contribution in [3.63, 3.8) is 0 Å². The highest BCUT2D eigenvalue weighted by molar-refractivity contribution is 5.81. The number of carboxylic acids is 1. The number of cyclic esters (lactones) is 1. The van der Waals surface area contributed by atoms with Crippen LogP contribution in [0.15, 0.2) is 42.5 Å². The third kappa shape index (κ3) is 7.64. The second-order valence-corrected chi connectivity index (χ2v) is 6.71. The molecule has 27 heavy (non-hydrogen) atoms. The predicted octanol–water partition coefficient (Wildman–Crippen LogP) is 3.60. The number of carbonyl (C=O) groups excluding carboxylic acids is 2. The minimum atomic E-state index is -0.803. The number of unbranched alkanes of at least 4 members (excludes halogenated alkanes) is 1. The quantitative estimate of drug-likeness (QED) is 0.473. The largest absolute Gasteiger partial charge is 0.481 e. The molecule has 1 amide bonds. The highest BCUT2D eigenvalue weighted by atomic mass is 16.6. The first-order valence-electron chi connectivity index (χ1n) is 9.42. The van der Waals surface area contributed by atoms with Gasteiger partial charge in [-0.2, -0.15) is 0 Å². The maximum Gasteiger partial charge on any atom is 0.410 e. The van der Waals surface area contributed by atoms with Crippen molar-refractivity contribution in [2.24, 2.45) is 0 Å². The molecule has 0 aromatic heterocycles. The van der Waals surface area contributed by atoms with Gasteiger partial charge in [0.1, 0.15) is 5.78 Å². The molecular formula is C21H27NO5. The third-order valence-electron chi connectivity index (χ3n) is 4.58. The lowest BCUT2D eigenvalue weighted by Crippen LogP contribution is -2.45. The van der Waals surface area contributed by atoms with E-state index in [0.717, 1.165) is 12.0 Å². The Morgan fingerprint density at radius 3 is 2.70 bits per heavy atom. The molecule has 0 radical (unpaired) electrons. The van der Waals surface area contributed by atoms with E-state index in [1.165, 1.54) is 0 Å². The highest BCUT2D eigenvalue weighted by Crippen LogP contribution is 2.19. The van der Waals surface area contributed by atoms with Gasteiger partial charge >= 0.3 is 12.1 Å². The molecule has 1 N–H and O–H groups in total. The lowest BCUT2D eigenvalue weighted by Gasteiger charge is -2.34. The van der Waals surface area contributed by atoms with Gasteiger partial charge in [0.15, 0.2) is 0 Å². The Labute approximate surface area is 159 Å². The minimum absolute atomic E-state index is 0.00496. The highest BCUT2D eigenvalue weighted by Gasteiger charge is 2.28. The van der Waals surface area contributed by atoms with Gasteiger partial charge in [0.25, 0.3) is 0 Å². The summed E-state index contributed by atoms with van der Waals surface area (Å²) in [7, 11) is 0. The lowest BCUT2D eigenvalue weighted by molar-refractivity contribution is -0.137. The van der Waals surface area contributed by atoms with E-state index in [0.29, 0.717) is 45.3 Å². The van der Waals surface area contributed by atoms with Crippen LogP contribution in [0.1, 0.15) is 44.1 Å². The van der Waals surface area contributed by atoms with Crippen molar-refractivity contribution in [1.82, 2.24) is 4.90 Å². The molecule has 1 aliphatic rings. The SMILES string of the molecule is O=C(O)CCC/C=C\CN1C(=O)OCC[C@@H]1CCC(=O)Cc1ccccc1. The number of hydrogen-bond donors (Lipinski definition) is 1. The molecule has 1 atom stereocenters. The number of Topliss-reactive ketones (excluding diaryl/α,β-unsaturated/α-hetero) is 1. The second-order valence-electron chi connectivity index (χ2n) is 6.71. The molecule has 1 aliphatic heterocycles. The number of ketones is 1. The summed E-state index contributed by atoms with van der Waals surface area (Å²) < 4.78 is 5.12. The molecular weight excluding hydrogens is 346 g/mol. The first-order valence-corrected chi connectivity index (χ1v) is 9.42. The van der Waals surface area contributed by atoms with Crippen LogP contribution in [0.25, 0.3) is 0 Å². The monoisotopic (exact) mass is 373 g/mol. The topological polar surface area (TPSA) is 83.9 Å². The zero-order chi connectivity index (χ0) is 19.5. The molecule has 0 saturated carbocycles. The first-order chi connectivity index (χ1) is 13.1. The van der Waals surface area contributed by atoms with Gasteiger partial charge in [0.05, 0.1) is 6.61 Å². The molecule has 1 saturated heterocycles. The van der Waals surface area contributed by atoms with E-state index in [-0.39, 0.29) is 24.3 Å². The van der Waals surface area contributed by atoms with Crippen LogP contribution in [0.3, 0.4) is 0 Å². The summed E-state index contributed by atoms with van der Waals surface area (Å²) in [5.41, 5.74) is 1.01. The Kier molecular flexibility index (Phi) is 8.55. The molecule has 1 heterocycles. The molecule has 6 heteroatoms. The van der Waals surface area contributed by atoms with E-state index in [9.17, 15) is 14.4 Å². The predicted molar refractivity (Wildman–Crippen MR) is 101 cm³/mol. The number of nitrogens with zero attached hydrogens (tertiary/aromatic N) is 1. The Morgan fingerprint density at radius 1 is 1.19 bits per heavy atom. The summed E-state index contributed by atoms with van der Waals surface area (Å²) in [6.07, 6.45) is 7.00. The zero-order valence-corrected chi connectivity index (χ0v) is 15.5. The van der Waals surface area contributed by atoms with Crippen molar-refractivity contribution in [3.8, 4) is 0 Å². The number of hydrogen-bond acceptors (Lipinski definition) is 4. The van der Waals surface area contributed by atoms with Gasteiger partial charge < -0.3 is 14.7 Å². The van der Waals surface area contributed by atoms with Crippen LogP contribution in [-0.4, -0.2) is 47.0 Å². The van der Waals surface area contributed by atoms with E-state index in [1.54, 1.807) is 4.90 Å². The van der Waals surface area contributed by atoms with Crippen LogP contribution >= 0.6 is 0 Å². The number of ether oxygens (including phenoxy) is 1. The van der Waals surface area contributed by atoms with E-state index in [4.69, 9.17) is 9.84 Å². The summed E-state index contributed by atoms with van der Waals surface area (Å²) in [6.45, 7) is 0.804. The Balaban J connectivity index is 1.78. The summed E-state index contributed by atoms with van der Waals surface area (Å²) in [4.78, 5) is 36.4. The van der Waals surface area contributed by atoms with Crippen LogP contribution in [0, 0.1) is 0 Å². The maximum absolute atomic E-state index is 12.2. The van der Waals surface area contributed by atoms with Crippen LogP contribution in [0.5, 0.6) is 0 Å². The summed E-state index contributed by atoms with van der Waals surface area (Å²) in [5, 5.41) is 8.62. The number of carbonyl (C=O) groups is 3. The zero-order valence-electron chi connectivity index (χ0n) is 15.5. The number of rotatable bonds is 11. The van der Waals surface area contributed by atoms with E-state index in [2.05, 4.69) is 0 Å². The van der Waals surface area contributed by atoms with Crippen molar-refractivity contribution in [3.05, 3.63) is 48.0 Å². The van der Waals surface area contributed by atoms with E-state index in [1.807, 2.05) is 42.5 Å². The van der Waals surface area contributed by atoms with Crippen molar-refractivity contribution in [2.45, 2.75) is 51.0 Å². The van der Waals surface area contributed by atoms with Crippen LogP contribution in [-0.2, 0) is 20.7 Å². The van der Waals surface area contributed by atoms with Gasteiger partial charge in [-0.05, 0) is 24.8 Å². The van der Waals surface area contributed by atoms with Crippen molar-refractivity contribution < 1.29 is 24.2 Å². The molecule has 2 rings (SSSR count). The lowest BCUT2D eigenvalue weighted by atomic mass is 10.00. The second kappa shape index (κ2) is 11.2. The van der Waals surface area contributed by atoms with Gasteiger partial charge in [0, 0.05) is 38.3 Å². The Bertz CT molecular complexity index is 656.